The minimum Gasteiger partial charge on any atom is -0.499 e. The van der Waals surface area contributed by atoms with E-state index < -0.39 is 0 Å². The number of thiophene rings is 1. The number of unbranched alkanes of at least 4 members (excludes halogenated alkanes) is 1. The Morgan fingerprint density at radius 2 is 2.18 bits per heavy atom. The van der Waals surface area contributed by atoms with Gasteiger partial charge in [0, 0.05) is 6.61 Å². The monoisotopic (exact) mass is 172 g/mol. The fraction of sp³-hybridized carbons (Fsp3) is 0.500. The lowest BCUT2D eigenvalue weighted by molar-refractivity contribution is 0.284. The van der Waals surface area contributed by atoms with Crippen LogP contribution in [0.15, 0.2) is 11.4 Å². The maximum Gasteiger partial charge on any atom is 0.171 e. The summed E-state index contributed by atoms with van der Waals surface area (Å²) in [7, 11) is 0. The predicted octanol–water partition coefficient (Wildman–Crippen LogP) is 1.77. The minimum absolute atomic E-state index is 0.260. The molecule has 1 heterocycles. The second-order valence-corrected chi connectivity index (χ2v) is 3.36. The summed E-state index contributed by atoms with van der Waals surface area (Å²) in [5.74, 6) is 0. The van der Waals surface area contributed by atoms with E-state index in [0.717, 1.165) is 19.3 Å². The summed E-state index contributed by atoms with van der Waals surface area (Å²) in [5, 5.41) is 19.8. The molecule has 2 N–H and O–H groups in total. The summed E-state index contributed by atoms with van der Waals surface area (Å²) in [5.41, 5.74) is 1.17. The Hall–Kier alpha value is -0.540. The number of aliphatic hydroxyl groups excluding tert-OH is 1. The van der Waals surface area contributed by atoms with Gasteiger partial charge in [-0.1, -0.05) is 0 Å². The molecule has 62 valence electrons. The van der Waals surface area contributed by atoms with Gasteiger partial charge in [-0.05, 0) is 36.3 Å². The van der Waals surface area contributed by atoms with Crippen molar-refractivity contribution in [2.24, 2.45) is 0 Å². The van der Waals surface area contributed by atoms with Crippen LogP contribution in [0.3, 0.4) is 0 Å². The summed E-state index contributed by atoms with van der Waals surface area (Å²) < 4.78 is 0. The maximum atomic E-state index is 8.98. The Morgan fingerprint density at radius 3 is 2.73 bits per heavy atom. The molecule has 0 spiro atoms. The van der Waals surface area contributed by atoms with E-state index in [2.05, 4.69) is 0 Å². The molecule has 1 aromatic heterocycles. The van der Waals surface area contributed by atoms with Gasteiger partial charge in [-0.3, -0.25) is 0 Å². The second-order valence-electron chi connectivity index (χ2n) is 2.47. The lowest BCUT2D eigenvalue weighted by Crippen LogP contribution is -1.85. The van der Waals surface area contributed by atoms with Crippen LogP contribution in [0, 0.1) is 0 Å². The summed E-state index contributed by atoms with van der Waals surface area (Å²) >= 11 is 1.36. The summed E-state index contributed by atoms with van der Waals surface area (Å²) in [6, 6.07) is 1.78. The van der Waals surface area contributed by atoms with Crippen molar-refractivity contribution in [3.05, 3.63) is 17.0 Å². The van der Waals surface area contributed by atoms with Gasteiger partial charge in [0.15, 0.2) is 5.06 Å². The molecule has 11 heavy (non-hydrogen) atoms. The standard InChI is InChI=1S/C8H12O2S/c9-4-2-1-3-7-5-8(10)11-6-7/h5-6,9-10H,1-4H2. The van der Waals surface area contributed by atoms with Crippen LogP contribution in [0.5, 0.6) is 5.06 Å². The highest BCUT2D eigenvalue weighted by Crippen LogP contribution is 2.21. The first-order valence-electron chi connectivity index (χ1n) is 3.70. The summed E-state index contributed by atoms with van der Waals surface area (Å²) in [6.45, 7) is 0.260. The molecule has 0 amide bonds. The number of aliphatic hydroxyl groups is 1. The normalized spacial score (nSPS) is 10.3. The average Bonchev–Trinajstić information content (AvgIpc) is 2.37. The smallest absolute Gasteiger partial charge is 0.171 e. The van der Waals surface area contributed by atoms with Crippen molar-refractivity contribution in [3.8, 4) is 5.06 Å². The van der Waals surface area contributed by atoms with Crippen molar-refractivity contribution in [1.82, 2.24) is 0 Å². The number of hydrogen-bond acceptors (Lipinski definition) is 3. The lowest BCUT2D eigenvalue weighted by Gasteiger charge is -1.93. The minimum atomic E-state index is 0.260. The topological polar surface area (TPSA) is 40.5 Å². The molecule has 3 heteroatoms. The van der Waals surface area contributed by atoms with E-state index in [1.165, 1.54) is 16.9 Å². The van der Waals surface area contributed by atoms with Crippen molar-refractivity contribution >= 4 is 11.3 Å². The fourth-order valence-corrected chi connectivity index (χ4v) is 1.61. The van der Waals surface area contributed by atoms with Crippen LogP contribution in [0.2, 0.25) is 0 Å². The lowest BCUT2D eigenvalue weighted by atomic mass is 10.1. The van der Waals surface area contributed by atoms with Crippen LogP contribution in [0.4, 0.5) is 0 Å². The van der Waals surface area contributed by atoms with Gasteiger partial charge >= 0.3 is 0 Å². The Balaban J connectivity index is 2.27. The average molecular weight is 172 g/mol. The molecule has 1 rings (SSSR count). The first-order chi connectivity index (χ1) is 5.33. The van der Waals surface area contributed by atoms with E-state index in [4.69, 9.17) is 10.2 Å². The molecule has 0 radical (unpaired) electrons. The number of hydrogen-bond donors (Lipinski definition) is 2. The van der Waals surface area contributed by atoms with Crippen molar-refractivity contribution in [2.45, 2.75) is 19.3 Å². The van der Waals surface area contributed by atoms with Crippen LogP contribution in [-0.4, -0.2) is 16.8 Å². The number of aryl methyl sites for hydroxylation is 1. The van der Waals surface area contributed by atoms with Crippen LogP contribution in [0.25, 0.3) is 0 Å². The zero-order valence-electron chi connectivity index (χ0n) is 6.29. The predicted molar refractivity (Wildman–Crippen MR) is 46.0 cm³/mol. The number of aromatic hydroxyl groups is 1. The molecule has 0 aromatic carbocycles. The van der Waals surface area contributed by atoms with Crippen molar-refractivity contribution in [2.75, 3.05) is 6.61 Å². The molecule has 0 aliphatic heterocycles. The van der Waals surface area contributed by atoms with Gasteiger partial charge in [-0.25, -0.2) is 0 Å². The molecule has 2 nitrogen and oxygen atoms in total. The van der Waals surface area contributed by atoms with E-state index in [9.17, 15) is 0 Å². The van der Waals surface area contributed by atoms with Gasteiger partial charge in [0.2, 0.25) is 0 Å². The molecule has 0 saturated heterocycles. The van der Waals surface area contributed by atoms with E-state index in [0.29, 0.717) is 5.06 Å². The Kier molecular flexibility index (Phi) is 3.39. The second kappa shape index (κ2) is 4.36. The molecule has 0 unspecified atom stereocenters. The first-order valence-corrected chi connectivity index (χ1v) is 4.58. The van der Waals surface area contributed by atoms with Gasteiger partial charge in [0.25, 0.3) is 0 Å². The van der Waals surface area contributed by atoms with E-state index in [1.54, 1.807) is 6.07 Å². The van der Waals surface area contributed by atoms with E-state index in [-0.39, 0.29) is 6.61 Å². The van der Waals surface area contributed by atoms with E-state index in [1.807, 2.05) is 5.38 Å². The molecular weight excluding hydrogens is 160 g/mol. The molecule has 0 aliphatic carbocycles. The molecule has 0 fully saturated rings. The zero-order chi connectivity index (χ0) is 8.10. The van der Waals surface area contributed by atoms with Gasteiger partial charge in [0.05, 0.1) is 0 Å². The Labute approximate surface area is 70.1 Å². The third-order valence-electron chi connectivity index (χ3n) is 1.51. The maximum absolute atomic E-state index is 8.98. The molecule has 0 saturated carbocycles. The Bertz CT molecular complexity index is 208. The Morgan fingerprint density at radius 1 is 1.36 bits per heavy atom. The van der Waals surface area contributed by atoms with Crippen LogP contribution in [-0.2, 0) is 6.42 Å². The van der Waals surface area contributed by atoms with Gasteiger partial charge < -0.3 is 10.2 Å². The highest BCUT2D eigenvalue weighted by Gasteiger charge is 1.96. The summed E-state index contributed by atoms with van der Waals surface area (Å²) in [6.07, 6.45) is 2.79. The van der Waals surface area contributed by atoms with Crippen LogP contribution in [0.1, 0.15) is 18.4 Å². The van der Waals surface area contributed by atoms with Crippen molar-refractivity contribution in [1.29, 1.82) is 0 Å². The van der Waals surface area contributed by atoms with Crippen LogP contribution >= 0.6 is 11.3 Å². The van der Waals surface area contributed by atoms with Crippen molar-refractivity contribution < 1.29 is 10.2 Å². The largest absolute Gasteiger partial charge is 0.499 e. The molecule has 0 bridgehead atoms. The van der Waals surface area contributed by atoms with Crippen LogP contribution < -0.4 is 0 Å². The van der Waals surface area contributed by atoms with Gasteiger partial charge in [0.1, 0.15) is 0 Å². The molecule has 1 aromatic rings. The SMILES string of the molecule is OCCCCc1csc(O)c1. The highest BCUT2D eigenvalue weighted by atomic mass is 32.1. The first kappa shape index (κ1) is 8.56. The quantitative estimate of drug-likeness (QED) is 0.679. The van der Waals surface area contributed by atoms with E-state index >= 15 is 0 Å². The molecule has 0 atom stereocenters. The van der Waals surface area contributed by atoms with Gasteiger partial charge in [-0.15, -0.1) is 11.3 Å². The molecule has 0 aliphatic rings. The molecular formula is C8H12O2S. The highest BCUT2D eigenvalue weighted by molar-refractivity contribution is 7.11. The van der Waals surface area contributed by atoms with Gasteiger partial charge in [-0.2, -0.15) is 0 Å². The zero-order valence-corrected chi connectivity index (χ0v) is 7.10. The number of rotatable bonds is 4. The third kappa shape index (κ3) is 2.91. The summed E-state index contributed by atoms with van der Waals surface area (Å²) in [4.78, 5) is 0. The third-order valence-corrected chi connectivity index (χ3v) is 2.29. The fourth-order valence-electron chi connectivity index (χ4n) is 0.935. The van der Waals surface area contributed by atoms with Crippen molar-refractivity contribution in [3.63, 3.8) is 0 Å².